The second-order valence-electron chi connectivity index (χ2n) is 5.50. The quantitative estimate of drug-likeness (QED) is 0.635. The zero-order valence-electron chi connectivity index (χ0n) is 12.3. The van der Waals surface area contributed by atoms with E-state index in [1.807, 2.05) is 25.1 Å². The predicted octanol–water partition coefficient (Wildman–Crippen LogP) is 3.75. The van der Waals surface area contributed by atoms with Gasteiger partial charge in [-0.05, 0) is 44.3 Å². The molecule has 0 N–H and O–H groups in total. The molecule has 1 aromatic carbocycles. The Balaban J connectivity index is 2.32. The number of aryl methyl sites for hydroxylation is 1. The molecule has 0 atom stereocenters. The monoisotopic (exact) mass is 285 g/mol. The fourth-order valence-electron chi connectivity index (χ4n) is 1.68. The number of nitrogens with zero attached hydrogens (tertiary/aromatic N) is 3. The molecule has 0 amide bonds. The molecule has 0 aliphatic rings. The maximum absolute atomic E-state index is 6.14. The summed E-state index contributed by atoms with van der Waals surface area (Å²) in [4.78, 5) is 12.7. The summed E-state index contributed by atoms with van der Waals surface area (Å²) in [6.07, 6.45) is 5.06. The molecular formula is C15H19N3OSi. The Labute approximate surface area is 120 Å². The second kappa shape index (κ2) is 5.96. The van der Waals surface area contributed by atoms with Gasteiger partial charge in [-0.2, -0.15) is 0 Å². The third kappa shape index (κ3) is 3.99. The number of hydrogen-bond donors (Lipinski definition) is 0. The summed E-state index contributed by atoms with van der Waals surface area (Å²) in [5.74, 6) is 1.45. The minimum Gasteiger partial charge on any atom is -0.543 e. The highest BCUT2D eigenvalue weighted by Gasteiger charge is 2.19. The number of para-hydroxylation sites is 1. The van der Waals surface area contributed by atoms with Crippen molar-refractivity contribution in [3.63, 3.8) is 0 Å². The maximum Gasteiger partial charge on any atom is 0.242 e. The van der Waals surface area contributed by atoms with E-state index < -0.39 is 8.32 Å². The molecule has 2 rings (SSSR count). The van der Waals surface area contributed by atoms with Gasteiger partial charge in [0.2, 0.25) is 8.32 Å². The average Bonchev–Trinajstić information content (AvgIpc) is 2.39. The second-order valence-corrected chi connectivity index (χ2v) is 9.93. The van der Waals surface area contributed by atoms with Crippen molar-refractivity contribution in [2.75, 3.05) is 0 Å². The van der Waals surface area contributed by atoms with Crippen LogP contribution >= 0.6 is 0 Å². The first-order valence-electron chi connectivity index (χ1n) is 6.55. The molecule has 0 saturated heterocycles. The van der Waals surface area contributed by atoms with E-state index in [1.165, 1.54) is 0 Å². The summed E-state index contributed by atoms with van der Waals surface area (Å²) >= 11 is 0. The third-order valence-corrected chi connectivity index (χ3v) is 3.32. The highest BCUT2D eigenvalue weighted by molar-refractivity contribution is 6.70. The molecule has 0 aliphatic heterocycles. The van der Waals surface area contributed by atoms with Gasteiger partial charge in [0, 0.05) is 12.4 Å². The van der Waals surface area contributed by atoms with E-state index in [-0.39, 0.29) is 0 Å². The van der Waals surface area contributed by atoms with Crippen LogP contribution in [0.2, 0.25) is 19.6 Å². The number of hydrogen-bond acceptors (Lipinski definition) is 4. The Bertz CT molecular complexity index is 606. The Morgan fingerprint density at radius 1 is 1.10 bits per heavy atom. The predicted molar refractivity (Wildman–Crippen MR) is 84.4 cm³/mol. The van der Waals surface area contributed by atoms with E-state index in [2.05, 4.69) is 34.6 Å². The van der Waals surface area contributed by atoms with Crippen molar-refractivity contribution in [3.05, 3.63) is 48.0 Å². The Kier molecular flexibility index (Phi) is 4.29. The average molecular weight is 285 g/mol. The lowest BCUT2D eigenvalue weighted by atomic mass is 10.2. The molecule has 104 valence electrons. The van der Waals surface area contributed by atoms with Gasteiger partial charge in [0.25, 0.3) is 0 Å². The van der Waals surface area contributed by atoms with Crippen LogP contribution in [0, 0.1) is 6.92 Å². The van der Waals surface area contributed by atoms with Crippen LogP contribution in [-0.2, 0) is 0 Å². The smallest absolute Gasteiger partial charge is 0.242 e. The van der Waals surface area contributed by atoms with E-state index in [9.17, 15) is 0 Å². The van der Waals surface area contributed by atoms with Crippen molar-refractivity contribution in [2.45, 2.75) is 26.6 Å². The van der Waals surface area contributed by atoms with Crippen LogP contribution in [0.1, 0.15) is 11.4 Å². The molecule has 0 spiro atoms. The van der Waals surface area contributed by atoms with Crippen LogP contribution in [0.4, 0.5) is 5.69 Å². The Hall–Kier alpha value is -2.01. The fraction of sp³-hybridized carbons (Fsp3) is 0.267. The number of benzene rings is 1. The van der Waals surface area contributed by atoms with Gasteiger partial charge in [0.15, 0.2) is 5.82 Å². The minimum atomic E-state index is -1.67. The van der Waals surface area contributed by atoms with Crippen LogP contribution in [0.15, 0.2) is 41.7 Å². The molecule has 2 aromatic rings. The van der Waals surface area contributed by atoms with E-state index >= 15 is 0 Å². The molecule has 20 heavy (non-hydrogen) atoms. The molecule has 0 aliphatic carbocycles. The van der Waals surface area contributed by atoms with E-state index in [4.69, 9.17) is 4.43 Å². The number of aliphatic imine (C=N–C) groups is 1. The summed E-state index contributed by atoms with van der Waals surface area (Å²) in [6.45, 7) is 8.52. The van der Waals surface area contributed by atoms with Gasteiger partial charge in [-0.15, -0.1) is 0 Å². The fourth-order valence-corrected chi connectivity index (χ4v) is 2.56. The summed E-state index contributed by atoms with van der Waals surface area (Å²) in [7, 11) is -1.67. The first-order valence-corrected chi connectivity index (χ1v) is 9.96. The SMILES string of the molecule is Cc1cccc(N=Cc2ncccn2)c1O[Si](C)(C)C. The summed E-state index contributed by atoms with van der Waals surface area (Å²) in [5, 5.41) is 0. The van der Waals surface area contributed by atoms with Crippen molar-refractivity contribution in [1.82, 2.24) is 9.97 Å². The van der Waals surface area contributed by atoms with Gasteiger partial charge < -0.3 is 4.43 Å². The lowest BCUT2D eigenvalue weighted by Crippen LogP contribution is -2.29. The number of rotatable bonds is 4. The standard InChI is InChI=1S/C15H19N3OSi/c1-12-7-5-8-13(15(12)19-20(2,3)4)18-11-14-16-9-6-10-17-14/h5-11H,1-4H3. The van der Waals surface area contributed by atoms with Crippen molar-refractivity contribution in [1.29, 1.82) is 0 Å². The van der Waals surface area contributed by atoms with Gasteiger partial charge in [-0.1, -0.05) is 12.1 Å². The third-order valence-electron chi connectivity index (χ3n) is 2.50. The Morgan fingerprint density at radius 2 is 1.80 bits per heavy atom. The molecule has 0 fully saturated rings. The largest absolute Gasteiger partial charge is 0.543 e. The zero-order chi connectivity index (χ0) is 14.6. The van der Waals surface area contributed by atoms with Crippen molar-refractivity contribution in [3.8, 4) is 5.75 Å². The molecule has 0 saturated carbocycles. The molecular weight excluding hydrogens is 266 g/mol. The van der Waals surface area contributed by atoms with E-state index in [0.29, 0.717) is 5.82 Å². The van der Waals surface area contributed by atoms with Crippen molar-refractivity contribution >= 4 is 20.2 Å². The molecule has 1 aromatic heterocycles. The minimum absolute atomic E-state index is 0.591. The Morgan fingerprint density at radius 3 is 2.45 bits per heavy atom. The van der Waals surface area contributed by atoms with Gasteiger partial charge in [0.05, 0.1) is 6.21 Å². The molecule has 1 heterocycles. The van der Waals surface area contributed by atoms with Crippen LogP contribution in [-0.4, -0.2) is 24.5 Å². The van der Waals surface area contributed by atoms with Gasteiger partial charge >= 0.3 is 0 Å². The van der Waals surface area contributed by atoms with Crippen molar-refractivity contribution < 1.29 is 4.43 Å². The first-order chi connectivity index (χ1) is 9.46. The summed E-state index contributed by atoms with van der Waals surface area (Å²) in [5.41, 5.74) is 1.91. The van der Waals surface area contributed by atoms with Crippen LogP contribution in [0.5, 0.6) is 5.75 Å². The molecule has 0 radical (unpaired) electrons. The molecule has 5 heteroatoms. The van der Waals surface area contributed by atoms with Gasteiger partial charge in [-0.25, -0.2) is 15.0 Å². The molecule has 0 bridgehead atoms. The lowest BCUT2D eigenvalue weighted by Gasteiger charge is -2.22. The lowest BCUT2D eigenvalue weighted by molar-refractivity contribution is 0.554. The topological polar surface area (TPSA) is 47.4 Å². The highest BCUT2D eigenvalue weighted by Crippen LogP contribution is 2.32. The number of aromatic nitrogens is 2. The van der Waals surface area contributed by atoms with Gasteiger partial charge in [0.1, 0.15) is 11.4 Å². The van der Waals surface area contributed by atoms with Gasteiger partial charge in [-0.3, -0.25) is 0 Å². The highest BCUT2D eigenvalue weighted by atomic mass is 28.4. The molecule has 4 nitrogen and oxygen atoms in total. The molecule has 0 unspecified atom stereocenters. The van der Waals surface area contributed by atoms with E-state index in [1.54, 1.807) is 24.7 Å². The summed E-state index contributed by atoms with van der Waals surface area (Å²) < 4.78 is 6.14. The summed E-state index contributed by atoms with van der Waals surface area (Å²) in [6, 6.07) is 7.74. The van der Waals surface area contributed by atoms with Crippen LogP contribution < -0.4 is 4.43 Å². The zero-order valence-corrected chi connectivity index (χ0v) is 13.3. The normalized spacial score (nSPS) is 11.8. The maximum atomic E-state index is 6.14. The van der Waals surface area contributed by atoms with Crippen molar-refractivity contribution in [2.24, 2.45) is 4.99 Å². The van der Waals surface area contributed by atoms with Crippen LogP contribution in [0.3, 0.4) is 0 Å². The van der Waals surface area contributed by atoms with E-state index in [0.717, 1.165) is 17.0 Å². The van der Waals surface area contributed by atoms with Crippen LogP contribution in [0.25, 0.3) is 0 Å². The first kappa shape index (κ1) is 14.4.